The molecule has 0 radical (unpaired) electrons. The Morgan fingerprint density at radius 1 is 0.840 bits per heavy atom. The van der Waals surface area contributed by atoms with Crippen LogP contribution in [0.3, 0.4) is 0 Å². The summed E-state index contributed by atoms with van der Waals surface area (Å²) in [7, 11) is -2.35. The van der Waals surface area contributed by atoms with Crippen molar-refractivity contribution in [3.63, 3.8) is 0 Å². The molecule has 0 aliphatic carbocycles. The first kappa shape index (κ1) is 38.6. The lowest BCUT2D eigenvalue weighted by Gasteiger charge is -2.37. The van der Waals surface area contributed by atoms with Gasteiger partial charge in [-0.3, -0.25) is 9.36 Å². The Kier molecular flexibility index (Phi) is 11.0. The average Bonchev–Trinajstić information content (AvgIpc) is 3.48. The van der Waals surface area contributed by atoms with Crippen molar-refractivity contribution in [2.24, 2.45) is 0 Å². The van der Waals surface area contributed by atoms with Crippen molar-refractivity contribution in [2.75, 3.05) is 6.61 Å². The number of aromatic nitrogens is 1. The maximum Gasteiger partial charge on any atom is 0.509 e. The Hall–Kier alpha value is -4.16. The molecular weight excluding hydrogens is 657 g/mol. The minimum absolute atomic E-state index is 0.0192. The largest absolute Gasteiger partial charge is 0.509 e. The molecule has 4 rings (SSSR count). The van der Waals surface area contributed by atoms with Crippen LogP contribution in [0.2, 0.25) is 18.1 Å². The number of para-hydroxylation sites is 1. The maximum atomic E-state index is 14.7. The van der Waals surface area contributed by atoms with Crippen molar-refractivity contribution in [2.45, 2.75) is 123 Å². The van der Waals surface area contributed by atoms with E-state index >= 15 is 0 Å². The molecule has 3 aromatic rings. The molecule has 12 heteroatoms. The number of carbonyl (C=O) groups excluding carboxylic acids is 4. The minimum Gasteiger partial charge on any atom is -0.443 e. The highest BCUT2D eigenvalue weighted by Gasteiger charge is 2.59. The number of hydrogen-bond acceptors (Lipinski definition) is 9. The molecule has 1 unspecified atom stereocenters. The molecular formula is C38H52N2O9Si. The molecule has 0 saturated carbocycles. The van der Waals surface area contributed by atoms with Gasteiger partial charge in [0.25, 0.3) is 5.91 Å². The van der Waals surface area contributed by atoms with Gasteiger partial charge < -0.3 is 23.4 Å². The molecule has 0 N–H and O–H groups in total. The number of ether oxygens (including phenoxy) is 4. The van der Waals surface area contributed by atoms with E-state index in [9.17, 15) is 19.2 Å². The molecule has 2 atom stereocenters. The Morgan fingerprint density at radius 2 is 1.42 bits per heavy atom. The van der Waals surface area contributed by atoms with Crippen LogP contribution in [0.4, 0.5) is 14.4 Å². The number of fused-ring (bicyclic) bond motifs is 1. The summed E-state index contributed by atoms with van der Waals surface area (Å²) in [5.41, 5.74) is -1.77. The van der Waals surface area contributed by atoms with Gasteiger partial charge >= 0.3 is 18.3 Å². The third-order valence-electron chi connectivity index (χ3n) is 8.91. The molecule has 1 aromatic heterocycles. The fourth-order valence-electron chi connectivity index (χ4n) is 5.48. The van der Waals surface area contributed by atoms with Crippen LogP contribution in [0.5, 0.6) is 0 Å². The van der Waals surface area contributed by atoms with E-state index in [2.05, 4.69) is 33.9 Å². The van der Waals surface area contributed by atoms with Crippen molar-refractivity contribution < 1.29 is 42.6 Å². The van der Waals surface area contributed by atoms with Gasteiger partial charge in [-0.25, -0.2) is 19.3 Å². The Balaban J connectivity index is 1.80. The molecule has 272 valence electrons. The summed E-state index contributed by atoms with van der Waals surface area (Å²) < 4.78 is 30.9. The van der Waals surface area contributed by atoms with E-state index in [1.165, 1.54) is 4.57 Å². The van der Waals surface area contributed by atoms with Crippen LogP contribution in [0, 0.1) is 0 Å². The van der Waals surface area contributed by atoms with Gasteiger partial charge in [0.2, 0.25) is 5.60 Å². The summed E-state index contributed by atoms with van der Waals surface area (Å²) in [5, 5.41) is 0.501. The number of imide groups is 1. The summed E-state index contributed by atoms with van der Waals surface area (Å²) in [4.78, 5) is 56.3. The lowest BCUT2D eigenvalue weighted by molar-refractivity contribution is -0.145. The zero-order valence-electron chi connectivity index (χ0n) is 31.2. The van der Waals surface area contributed by atoms with Crippen LogP contribution in [-0.4, -0.2) is 71.5 Å². The number of nitrogens with zero attached hydrogens (tertiary/aromatic N) is 2. The van der Waals surface area contributed by atoms with Gasteiger partial charge in [0.15, 0.2) is 8.32 Å². The number of carbonyl (C=O) groups is 4. The van der Waals surface area contributed by atoms with Gasteiger partial charge in [-0.15, -0.1) is 0 Å². The zero-order valence-corrected chi connectivity index (χ0v) is 32.2. The lowest BCUT2D eigenvalue weighted by atomic mass is 9.91. The van der Waals surface area contributed by atoms with Crippen molar-refractivity contribution in [1.82, 2.24) is 9.47 Å². The van der Waals surface area contributed by atoms with Crippen LogP contribution >= 0.6 is 0 Å². The lowest BCUT2D eigenvalue weighted by Crippen LogP contribution is -2.50. The third kappa shape index (κ3) is 9.14. The molecule has 0 spiro atoms. The topological polar surface area (TPSA) is 123 Å². The predicted octanol–water partition coefficient (Wildman–Crippen LogP) is 8.62. The Labute approximate surface area is 296 Å². The average molecular weight is 709 g/mol. The van der Waals surface area contributed by atoms with E-state index < -0.39 is 55.4 Å². The normalized spacial score (nSPS) is 18.7. The fraction of sp³-hybridized carbons (Fsp3) is 0.526. The molecule has 50 heavy (non-hydrogen) atoms. The van der Waals surface area contributed by atoms with E-state index in [0.29, 0.717) is 16.5 Å². The minimum atomic E-state index is -2.35. The molecule has 2 aromatic carbocycles. The molecule has 0 bridgehead atoms. The number of likely N-dealkylation sites (tertiary alicyclic amines) is 1. The van der Waals surface area contributed by atoms with E-state index in [4.69, 9.17) is 23.4 Å². The second-order valence-electron chi connectivity index (χ2n) is 16.4. The molecule has 2 amide bonds. The fourth-order valence-corrected chi connectivity index (χ4v) is 6.52. The molecule has 2 heterocycles. The van der Waals surface area contributed by atoms with E-state index in [-0.39, 0.29) is 31.1 Å². The van der Waals surface area contributed by atoms with Crippen LogP contribution in [0.1, 0.15) is 79.9 Å². The first-order chi connectivity index (χ1) is 23.0. The highest BCUT2D eigenvalue weighted by Crippen LogP contribution is 2.41. The summed E-state index contributed by atoms with van der Waals surface area (Å²) in [6.07, 6.45) is -1.22. The standard InChI is InChI=1S/C38H52N2O9Si/c1-35(2,3)47-32(42)39-23-27(29-19-15-16-20-30(29)39)21-38(49-34(44)45-24-26-17-13-12-14-18-26)22-28(25-46-50(10,11)37(7,8)9)40(31(38)41)33(43)48-36(4,5)6/h12-20,23,28H,21-22,24-25H2,1-11H3/t28?,38-/m0/s1. The monoisotopic (exact) mass is 708 g/mol. The van der Waals surface area contributed by atoms with Crippen LogP contribution < -0.4 is 0 Å². The molecule has 1 fully saturated rings. The summed E-state index contributed by atoms with van der Waals surface area (Å²) in [6.45, 7) is 20.8. The first-order valence-corrected chi connectivity index (χ1v) is 19.9. The van der Waals surface area contributed by atoms with Crippen LogP contribution in [-0.2, 0) is 41.2 Å². The molecule has 11 nitrogen and oxygen atoms in total. The molecule has 1 aliphatic rings. The van der Waals surface area contributed by atoms with Gasteiger partial charge in [0.05, 0.1) is 18.2 Å². The van der Waals surface area contributed by atoms with Gasteiger partial charge in [0.1, 0.15) is 17.8 Å². The quantitative estimate of drug-likeness (QED) is 0.129. The van der Waals surface area contributed by atoms with Crippen molar-refractivity contribution in [3.05, 3.63) is 71.9 Å². The number of amides is 2. The summed E-state index contributed by atoms with van der Waals surface area (Å²) in [5.74, 6) is -0.763. The molecule has 1 aliphatic heterocycles. The zero-order chi connectivity index (χ0) is 37.3. The highest BCUT2D eigenvalue weighted by molar-refractivity contribution is 6.74. The second kappa shape index (κ2) is 14.2. The Bertz CT molecular complexity index is 1710. The number of benzene rings is 2. The van der Waals surface area contributed by atoms with E-state index in [1.807, 2.05) is 30.3 Å². The van der Waals surface area contributed by atoms with Gasteiger partial charge in [0, 0.05) is 24.4 Å². The maximum absolute atomic E-state index is 14.7. The Morgan fingerprint density at radius 3 is 2.02 bits per heavy atom. The van der Waals surface area contributed by atoms with Crippen molar-refractivity contribution in [3.8, 4) is 0 Å². The second-order valence-corrected chi connectivity index (χ2v) is 21.2. The highest BCUT2D eigenvalue weighted by atomic mass is 28.4. The van der Waals surface area contributed by atoms with Crippen LogP contribution in [0.25, 0.3) is 10.9 Å². The van der Waals surface area contributed by atoms with Crippen molar-refractivity contribution in [1.29, 1.82) is 0 Å². The van der Waals surface area contributed by atoms with E-state index in [0.717, 1.165) is 10.5 Å². The number of rotatable bonds is 8. The number of hydrogen-bond donors (Lipinski definition) is 0. The smallest absolute Gasteiger partial charge is 0.443 e. The SMILES string of the molecule is CC(C)(C)OC(=O)N1C(=O)[C@@](Cc2cn(C(=O)OC(C)(C)C)c3ccccc23)(OC(=O)OCc2ccccc2)CC1CO[Si](C)(C)C(C)(C)C. The first-order valence-electron chi connectivity index (χ1n) is 16.9. The molecule has 1 saturated heterocycles. The predicted molar refractivity (Wildman–Crippen MR) is 192 cm³/mol. The van der Waals surface area contributed by atoms with Gasteiger partial charge in [-0.05, 0) is 76.9 Å². The summed E-state index contributed by atoms with van der Waals surface area (Å²) >= 11 is 0. The van der Waals surface area contributed by atoms with E-state index in [1.54, 1.807) is 72.0 Å². The van der Waals surface area contributed by atoms with Crippen LogP contribution in [0.15, 0.2) is 60.8 Å². The van der Waals surface area contributed by atoms with Crippen molar-refractivity contribution >= 4 is 43.5 Å². The van der Waals surface area contributed by atoms with Gasteiger partial charge in [-0.2, -0.15) is 0 Å². The van der Waals surface area contributed by atoms with Gasteiger partial charge in [-0.1, -0.05) is 69.3 Å². The summed E-state index contributed by atoms with van der Waals surface area (Å²) in [6, 6.07) is 15.4. The third-order valence-corrected chi connectivity index (χ3v) is 13.4.